The summed E-state index contributed by atoms with van der Waals surface area (Å²) in [4.78, 5) is 24.0. The van der Waals surface area contributed by atoms with E-state index in [0.29, 0.717) is 6.54 Å². The summed E-state index contributed by atoms with van der Waals surface area (Å²) >= 11 is 0. The van der Waals surface area contributed by atoms with Gasteiger partial charge in [0.2, 0.25) is 0 Å². The number of carbonyl (C=O) groups is 2. The standard InChI is InChI=1S/C16H29N3O3/c1-15(2)8-11(9-16(3,4)19-15)18-14(21)13(20)17-10-12-6-5-7-22-12/h11-12,19H,5-10H2,1-4H3,(H,17,20)(H,18,21)/t12-/m1/s1. The van der Waals surface area contributed by atoms with E-state index in [2.05, 4.69) is 43.6 Å². The molecule has 1 atom stereocenters. The van der Waals surface area contributed by atoms with E-state index in [4.69, 9.17) is 4.74 Å². The Labute approximate surface area is 132 Å². The normalized spacial score (nSPS) is 27.4. The highest BCUT2D eigenvalue weighted by molar-refractivity contribution is 6.35. The molecule has 2 aliphatic heterocycles. The molecule has 0 radical (unpaired) electrons. The van der Waals surface area contributed by atoms with E-state index in [1.165, 1.54) is 0 Å². The van der Waals surface area contributed by atoms with Crippen LogP contribution in [0, 0.1) is 0 Å². The second-order valence-electron chi connectivity index (χ2n) is 7.82. The maximum Gasteiger partial charge on any atom is 0.309 e. The average Bonchev–Trinajstić information content (AvgIpc) is 2.84. The van der Waals surface area contributed by atoms with Crippen LogP contribution in [0.5, 0.6) is 0 Å². The Kier molecular flexibility index (Phi) is 5.12. The number of ether oxygens (including phenoxy) is 1. The van der Waals surface area contributed by atoms with Gasteiger partial charge in [0.05, 0.1) is 6.10 Å². The highest BCUT2D eigenvalue weighted by Gasteiger charge is 2.38. The molecule has 2 heterocycles. The minimum absolute atomic E-state index is 0.00669. The van der Waals surface area contributed by atoms with Gasteiger partial charge in [-0.05, 0) is 53.4 Å². The fourth-order valence-electron chi connectivity index (χ4n) is 3.77. The van der Waals surface area contributed by atoms with Gasteiger partial charge in [-0.1, -0.05) is 0 Å². The van der Waals surface area contributed by atoms with Gasteiger partial charge in [-0.3, -0.25) is 9.59 Å². The van der Waals surface area contributed by atoms with Crippen molar-refractivity contribution in [1.29, 1.82) is 0 Å². The van der Waals surface area contributed by atoms with Crippen molar-refractivity contribution in [2.24, 2.45) is 0 Å². The van der Waals surface area contributed by atoms with Gasteiger partial charge in [-0.15, -0.1) is 0 Å². The summed E-state index contributed by atoms with van der Waals surface area (Å²) in [6.07, 6.45) is 3.63. The van der Waals surface area contributed by atoms with Crippen LogP contribution >= 0.6 is 0 Å². The van der Waals surface area contributed by atoms with Crippen LogP contribution in [-0.2, 0) is 14.3 Å². The van der Waals surface area contributed by atoms with E-state index < -0.39 is 11.8 Å². The summed E-state index contributed by atoms with van der Waals surface area (Å²) in [5.74, 6) is -1.11. The van der Waals surface area contributed by atoms with E-state index in [1.54, 1.807) is 0 Å². The first kappa shape index (κ1) is 17.2. The SMILES string of the molecule is CC1(C)CC(NC(=O)C(=O)NC[C@H]2CCCO2)CC(C)(C)N1. The molecule has 0 aliphatic carbocycles. The van der Waals surface area contributed by atoms with Gasteiger partial charge in [-0.2, -0.15) is 0 Å². The molecule has 0 aromatic rings. The van der Waals surface area contributed by atoms with Crippen LogP contribution in [0.3, 0.4) is 0 Å². The van der Waals surface area contributed by atoms with E-state index in [1.807, 2.05) is 0 Å². The van der Waals surface area contributed by atoms with E-state index >= 15 is 0 Å². The van der Waals surface area contributed by atoms with E-state index in [0.717, 1.165) is 32.3 Å². The molecule has 0 bridgehead atoms. The zero-order valence-corrected chi connectivity index (χ0v) is 14.1. The lowest BCUT2D eigenvalue weighted by molar-refractivity contribution is -0.140. The van der Waals surface area contributed by atoms with Crippen molar-refractivity contribution in [3.8, 4) is 0 Å². The predicted molar refractivity (Wildman–Crippen MR) is 84.4 cm³/mol. The van der Waals surface area contributed by atoms with Crippen molar-refractivity contribution < 1.29 is 14.3 Å². The van der Waals surface area contributed by atoms with Crippen LogP contribution in [0.2, 0.25) is 0 Å². The highest BCUT2D eigenvalue weighted by atomic mass is 16.5. The molecular formula is C16H29N3O3. The van der Waals surface area contributed by atoms with Crippen LogP contribution in [0.1, 0.15) is 53.4 Å². The molecule has 2 rings (SSSR count). The van der Waals surface area contributed by atoms with Crippen molar-refractivity contribution in [2.75, 3.05) is 13.2 Å². The Morgan fingerprint density at radius 1 is 1.14 bits per heavy atom. The minimum Gasteiger partial charge on any atom is -0.376 e. The van der Waals surface area contributed by atoms with Gasteiger partial charge < -0.3 is 20.7 Å². The van der Waals surface area contributed by atoms with Crippen molar-refractivity contribution in [3.63, 3.8) is 0 Å². The summed E-state index contributed by atoms with van der Waals surface area (Å²) in [5, 5.41) is 9.10. The Hall–Kier alpha value is -1.14. The Balaban J connectivity index is 1.81. The quantitative estimate of drug-likeness (QED) is 0.671. The smallest absolute Gasteiger partial charge is 0.309 e. The van der Waals surface area contributed by atoms with Crippen LogP contribution < -0.4 is 16.0 Å². The Morgan fingerprint density at radius 3 is 2.32 bits per heavy atom. The largest absolute Gasteiger partial charge is 0.376 e. The zero-order chi connectivity index (χ0) is 16.4. The number of hydrogen-bond acceptors (Lipinski definition) is 4. The lowest BCUT2D eigenvalue weighted by atomic mass is 9.79. The average molecular weight is 311 g/mol. The van der Waals surface area contributed by atoms with Crippen molar-refractivity contribution in [1.82, 2.24) is 16.0 Å². The topological polar surface area (TPSA) is 79.5 Å². The van der Waals surface area contributed by atoms with Crippen molar-refractivity contribution >= 4 is 11.8 Å². The molecule has 6 nitrogen and oxygen atoms in total. The number of hydrogen-bond donors (Lipinski definition) is 3. The van der Waals surface area contributed by atoms with E-state index in [9.17, 15) is 9.59 Å². The number of nitrogens with one attached hydrogen (secondary N) is 3. The molecular weight excluding hydrogens is 282 g/mol. The van der Waals surface area contributed by atoms with Crippen LogP contribution in [0.15, 0.2) is 0 Å². The third-order valence-corrected chi connectivity index (χ3v) is 4.25. The van der Waals surface area contributed by atoms with Crippen LogP contribution in [0.25, 0.3) is 0 Å². The zero-order valence-electron chi connectivity index (χ0n) is 14.1. The van der Waals surface area contributed by atoms with Gasteiger partial charge in [-0.25, -0.2) is 0 Å². The lowest BCUT2D eigenvalue weighted by Gasteiger charge is -2.46. The molecule has 0 unspecified atom stereocenters. The summed E-state index contributed by atoms with van der Waals surface area (Å²) in [6.45, 7) is 9.62. The van der Waals surface area contributed by atoms with Crippen LogP contribution in [-0.4, -0.2) is 48.2 Å². The monoisotopic (exact) mass is 311 g/mol. The molecule has 0 saturated carbocycles. The van der Waals surface area contributed by atoms with Crippen LogP contribution in [0.4, 0.5) is 0 Å². The number of piperidine rings is 1. The maximum atomic E-state index is 12.1. The summed E-state index contributed by atoms with van der Waals surface area (Å²) < 4.78 is 5.43. The molecule has 2 amide bonds. The van der Waals surface area contributed by atoms with Gasteiger partial charge in [0.25, 0.3) is 0 Å². The third-order valence-electron chi connectivity index (χ3n) is 4.25. The molecule has 2 fully saturated rings. The third kappa shape index (κ3) is 4.95. The highest BCUT2D eigenvalue weighted by Crippen LogP contribution is 2.28. The van der Waals surface area contributed by atoms with Crippen molar-refractivity contribution in [2.45, 2.75) is 76.6 Å². The Bertz CT molecular complexity index is 412. The number of rotatable bonds is 3. The minimum atomic E-state index is -0.565. The predicted octanol–water partition coefficient (Wildman–Crippen LogP) is 0.707. The number of amides is 2. The molecule has 126 valence electrons. The number of carbonyl (C=O) groups excluding carboxylic acids is 2. The fourth-order valence-corrected chi connectivity index (χ4v) is 3.77. The maximum absolute atomic E-state index is 12.1. The van der Waals surface area contributed by atoms with Gasteiger partial charge in [0.1, 0.15) is 0 Å². The molecule has 22 heavy (non-hydrogen) atoms. The summed E-state index contributed by atoms with van der Waals surface area (Å²) in [7, 11) is 0. The molecule has 2 saturated heterocycles. The second-order valence-corrected chi connectivity index (χ2v) is 7.82. The molecule has 0 aromatic heterocycles. The van der Waals surface area contributed by atoms with E-state index in [-0.39, 0.29) is 23.2 Å². The molecule has 2 aliphatic rings. The summed E-state index contributed by atoms with van der Waals surface area (Å²) in [5.41, 5.74) is -0.123. The van der Waals surface area contributed by atoms with Gasteiger partial charge in [0, 0.05) is 30.3 Å². The molecule has 0 spiro atoms. The van der Waals surface area contributed by atoms with Gasteiger partial charge >= 0.3 is 11.8 Å². The lowest BCUT2D eigenvalue weighted by Crippen LogP contribution is -2.63. The molecule has 0 aromatic carbocycles. The first-order chi connectivity index (χ1) is 10.2. The molecule has 3 N–H and O–H groups in total. The summed E-state index contributed by atoms with van der Waals surface area (Å²) in [6, 6.07) is 0.00669. The van der Waals surface area contributed by atoms with Gasteiger partial charge in [0.15, 0.2) is 0 Å². The molecule has 6 heteroatoms. The van der Waals surface area contributed by atoms with Crippen molar-refractivity contribution in [3.05, 3.63) is 0 Å². The second kappa shape index (κ2) is 6.54. The Morgan fingerprint density at radius 2 is 1.77 bits per heavy atom. The first-order valence-corrected chi connectivity index (χ1v) is 8.16. The fraction of sp³-hybridized carbons (Fsp3) is 0.875. The first-order valence-electron chi connectivity index (χ1n) is 8.16.